The van der Waals surface area contributed by atoms with E-state index >= 15 is 0 Å². The molecule has 0 saturated heterocycles. The Bertz CT molecular complexity index is 1870. The van der Waals surface area contributed by atoms with Crippen LogP contribution in [-0.4, -0.2) is 41.8 Å². The van der Waals surface area contributed by atoms with E-state index in [1.165, 1.54) is 23.6 Å². The maximum absolute atomic E-state index is 14.8. The SMILES string of the molecule is CCOC(=O)Nc1ccc(-c2sc3c(c2CN(C)Cc2ccccc2)c(=O)c(C(=O)OCC)cn3Cc2ccccc2F)cc1. The molecule has 0 aliphatic heterocycles. The second-order valence-electron chi connectivity index (χ2n) is 10.5. The van der Waals surface area contributed by atoms with Gasteiger partial charge in [0.15, 0.2) is 0 Å². The summed E-state index contributed by atoms with van der Waals surface area (Å²) in [5, 5.41) is 3.09. The van der Waals surface area contributed by atoms with Gasteiger partial charge in [0, 0.05) is 35.4 Å². The lowest BCUT2D eigenvalue weighted by Gasteiger charge is -2.18. The fourth-order valence-corrected chi connectivity index (χ4v) is 6.46. The molecule has 8 nitrogen and oxygen atoms in total. The summed E-state index contributed by atoms with van der Waals surface area (Å²) in [6.07, 6.45) is 0.922. The Balaban J connectivity index is 1.68. The first-order valence-electron chi connectivity index (χ1n) is 14.6. The van der Waals surface area contributed by atoms with Crippen molar-refractivity contribution < 1.29 is 23.5 Å². The van der Waals surface area contributed by atoms with Crippen LogP contribution in [0.25, 0.3) is 20.7 Å². The molecular formula is C35H34FN3O5S. The average molecular weight is 628 g/mol. The van der Waals surface area contributed by atoms with Crippen molar-refractivity contribution in [3.8, 4) is 10.4 Å². The number of pyridine rings is 1. The van der Waals surface area contributed by atoms with Crippen LogP contribution < -0.4 is 10.7 Å². The summed E-state index contributed by atoms with van der Waals surface area (Å²) in [6, 6.07) is 23.7. The van der Waals surface area contributed by atoms with Gasteiger partial charge in [-0.1, -0.05) is 60.7 Å². The van der Waals surface area contributed by atoms with Gasteiger partial charge in [0.05, 0.1) is 25.1 Å². The van der Waals surface area contributed by atoms with Crippen molar-refractivity contribution in [2.24, 2.45) is 0 Å². The van der Waals surface area contributed by atoms with Crippen molar-refractivity contribution in [2.45, 2.75) is 33.5 Å². The van der Waals surface area contributed by atoms with Crippen LogP contribution in [0.4, 0.5) is 14.9 Å². The van der Waals surface area contributed by atoms with Crippen LogP contribution in [0.2, 0.25) is 0 Å². The van der Waals surface area contributed by atoms with Gasteiger partial charge in [0.1, 0.15) is 16.2 Å². The number of aromatic nitrogens is 1. The number of benzene rings is 3. The fraction of sp³-hybridized carbons (Fsp3) is 0.229. The summed E-state index contributed by atoms with van der Waals surface area (Å²) in [5.41, 5.74) is 3.13. The van der Waals surface area contributed by atoms with E-state index in [-0.39, 0.29) is 31.1 Å². The Morgan fingerprint density at radius 1 is 0.911 bits per heavy atom. The topological polar surface area (TPSA) is 89.9 Å². The average Bonchev–Trinajstić information content (AvgIpc) is 3.40. The third-order valence-electron chi connectivity index (χ3n) is 7.19. The van der Waals surface area contributed by atoms with Crippen molar-refractivity contribution in [3.63, 3.8) is 0 Å². The maximum Gasteiger partial charge on any atom is 0.411 e. The first-order valence-corrected chi connectivity index (χ1v) is 15.5. The minimum Gasteiger partial charge on any atom is -0.462 e. The van der Waals surface area contributed by atoms with Gasteiger partial charge < -0.3 is 14.0 Å². The Labute approximate surface area is 264 Å². The highest BCUT2D eigenvalue weighted by Crippen LogP contribution is 2.39. The molecule has 1 N–H and O–H groups in total. The Morgan fingerprint density at radius 3 is 2.29 bits per heavy atom. The van der Waals surface area contributed by atoms with Gasteiger partial charge in [-0.3, -0.25) is 15.0 Å². The number of thiophene rings is 1. The van der Waals surface area contributed by atoms with Gasteiger partial charge in [-0.2, -0.15) is 0 Å². The highest BCUT2D eigenvalue weighted by atomic mass is 32.1. The number of ether oxygens (including phenoxy) is 2. The zero-order valence-corrected chi connectivity index (χ0v) is 26.2. The molecule has 5 aromatic rings. The number of carbonyl (C=O) groups excluding carboxylic acids is 2. The molecule has 232 valence electrons. The molecule has 2 heterocycles. The number of hydrogen-bond acceptors (Lipinski definition) is 7. The predicted octanol–water partition coefficient (Wildman–Crippen LogP) is 7.29. The van der Waals surface area contributed by atoms with Crippen LogP contribution in [0.15, 0.2) is 89.9 Å². The highest BCUT2D eigenvalue weighted by Gasteiger charge is 2.25. The molecule has 0 saturated carbocycles. The first-order chi connectivity index (χ1) is 21.8. The normalized spacial score (nSPS) is 11.1. The van der Waals surface area contributed by atoms with Crippen molar-refractivity contribution in [3.05, 3.63) is 123 Å². The van der Waals surface area contributed by atoms with Crippen LogP contribution in [0.1, 0.15) is 40.9 Å². The number of fused-ring (bicyclic) bond motifs is 1. The monoisotopic (exact) mass is 627 g/mol. The molecule has 1 amide bonds. The summed E-state index contributed by atoms with van der Waals surface area (Å²) >= 11 is 1.40. The molecule has 0 atom stereocenters. The van der Waals surface area contributed by atoms with E-state index in [9.17, 15) is 18.8 Å². The number of anilines is 1. The molecule has 0 aliphatic rings. The van der Waals surface area contributed by atoms with Gasteiger partial charge in [-0.25, -0.2) is 14.0 Å². The number of carbonyl (C=O) groups is 2. The second-order valence-corrected chi connectivity index (χ2v) is 11.5. The summed E-state index contributed by atoms with van der Waals surface area (Å²) in [5.74, 6) is -1.11. The largest absolute Gasteiger partial charge is 0.462 e. The molecule has 0 spiro atoms. The number of nitrogens with zero attached hydrogens (tertiary/aromatic N) is 2. The minimum absolute atomic E-state index is 0.106. The molecular weight excluding hydrogens is 593 g/mol. The standard InChI is InChI=1S/C35H34FN3O5S/c1-4-43-34(41)28-22-39(20-25-13-9-10-14-29(25)36)33-30(31(28)40)27(21-38(3)19-23-11-7-6-8-12-23)32(45-33)24-15-17-26(18-16-24)37-35(42)44-5-2/h6-18,22H,4-5,19-21H2,1-3H3,(H,37,42). The molecule has 0 fully saturated rings. The zero-order chi connectivity index (χ0) is 31.9. The van der Waals surface area contributed by atoms with Crippen LogP contribution in [-0.2, 0) is 29.1 Å². The smallest absolute Gasteiger partial charge is 0.411 e. The minimum atomic E-state index is -0.725. The lowest BCUT2D eigenvalue weighted by atomic mass is 10.0. The Morgan fingerprint density at radius 2 is 1.60 bits per heavy atom. The lowest BCUT2D eigenvalue weighted by molar-refractivity contribution is 0.0524. The van der Waals surface area contributed by atoms with E-state index < -0.39 is 17.5 Å². The predicted molar refractivity (Wildman–Crippen MR) is 175 cm³/mol. The quantitative estimate of drug-likeness (QED) is 0.155. The number of esters is 1. The van der Waals surface area contributed by atoms with E-state index in [4.69, 9.17) is 9.47 Å². The molecule has 0 unspecified atom stereocenters. The second kappa shape index (κ2) is 14.3. The van der Waals surface area contributed by atoms with E-state index in [0.717, 1.165) is 21.6 Å². The Kier molecular flexibility index (Phi) is 10.1. The molecule has 0 radical (unpaired) electrons. The molecule has 0 aliphatic carbocycles. The third kappa shape index (κ3) is 7.30. The first kappa shape index (κ1) is 31.6. The maximum atomic E-state index is 14.8. The van der Waals surface area contributed by atoms with Crippen LogP contribution >= 0.6 is 11.3 Å². The zero-order valence-electron chi connectivity index (χ0n) is 25.3. The van der Waals surface area contributed by atoms with E-state index in [1.54, 1.807) is 48.7 Å². The molecule has 3 aromatic carbocycles. The van der Waals surface area contributed by atoms with Crippen molar-refractivity contribution in [2.75, 3.05) is 25.6 Å². The third-order valence-corrected chi connectivity index (χ3v) is 8.51. The van der Waals surface area contributed by atoms with Crippen molar-refractivity contribution in [1.29, 1.82) is 0 Å². The molecule has 45 heavy (non-hydrogen) atoms. The molecule has 5 rings (SSSR count). The van der Waals surface area contributed by atoms with Gasteiger partial charge in [-0.15, -0.1) is 11.3 Å². The number of nitrogens with one attached hydrogen (secondary N) is 1. The summed E-state index contributed by atoms with van der Waals surface area (Å²) < 4.78 is 26.8. The number of hydrogen-bond donors (Lipinski definition) is 1. The van der Waals surface area contributed by atoms with Crippen LogP contribution in [0, 0.1) is 5.82 Å². The van der Waals surface area contributed by atoms with Crippen molar-refractivity contribution in [1.82, 2.24) is 9.47 Å². The van der Waals surface area contributed by atoms with Gasteiger partial charge in [-0.05, 0) is 55.8 Å². The molecule has 10 heteroatoms. The Hall–Kier alpha value is -4.80. The number of amides is 1. The lowest BCUT2D eigenvalue weighted by Crippen LogP contribution is -2.23. The van der Waals surface area contributed by atoms with E-state index in [0.29, 0.717) is 34.6 Å². The highest BCUT2D eigenvalue weighted by molar-refractivity contribution is 7.22. The summed E-state index contributed by atoms with van der Waals surface area (Å²) in [4.78, 5) is 42.6. The van der Waals surface area contributed by atoms with Crippen LogP contribution in [0.5, 0.6) is 0 Å². The van der Waals surface area contributed by atoms with E-state index in [2.05, 4.69) is 10.2 Å². The van der Waals surface area contributed by atoms with E-state index in [1.807, 2.05) is 49.5 Å². The number of halogens is 1. The van der Waals surface area contributed by atoms with Gasteiger partial charge in [0.2, 0.25) is 5.43 Å². The molecule has 0 bridgehead atoms. The van der Waals surface area contributed by atoms with Gasteiger partial charge in [0.25, 0.3) is 0 Å². The van der Waals surface area contributed by atoms with Crippen LogP contribution in [0.3, 0.4) is 0 Å². The summed E-state index contributed by atoms with van der Waals surface area (Å²) in [7, 11) is 1.97. The summed E-state index contributed by atoms with van der Waals surface area (Å²) in [6.45, 7) is 4.91. The van der Waals surface area contributed by atoms with Crippen molar-refractivity contribution >= 4 is 39.3 Å². The fourth-order valence-electron chi connectivity index (χ4n) is 5.17. The van der Waals surface area contributed by atoms with Gasteiger partial charge >= 0.3 is 12.1 Å². The molecule has 2 aromatic heterocycles. The number of rotatable bonds is 11.